The average molecular weight is 290 g/mol. The molecule has 20 heavy (non-hydrogen) atoms. The Balaban J connectivity index is 1.99. The predicted molar refractivity (Wildman–Crippen MR) is 80.5 cm³/mol. The maximum Gasteiger partial charge on any atom is 0.124 e. The highest BCUT2D eigenvalue weighted by molar-refractivity contribution is 6.31. The van der Waals surface area contributed by atoms with Gasteiger partial charge in [-0.15, -0.1) is 0 Å². The quantitative estimate of drug-likeness (QED) is 0.863. The highest BCUT2D eigenvalue weighted by Gasteiger charge is 2.24. The van der Waals surface area contributed by atoms with Crippen LogP contribution in [0.1, 0.15) is 47.9 Å². The molecule has 0 amide bonds. The zero-order valence-electron chi connectivity index (χ0n) is 11.2. The molecule has 0 bridgehead atoms. The molecule has 1 nitrogen and oxygen atoms in total. The van der Waals surface area contributed by atoms with Gasteiger partial charge in [0, 0.05) is 5.02 Å². The van der Waals surface area contributed by atoms with Crippen LogP contribution in [0.4, 0.5) is 4.39 Å². The molecule has 0 saturated heterocycles. The van der Waals surface area contributed by atoms with E-state index in [1.54, 1.807) is 6.07 Å². The van der Waals surface area contributed by atoms with Gasteiger partial charge in [0.05, 0.1) is 6.04 Å². The van der Waals surface area contributed by atoms with Gasteiger partial charge in [0.2, 0.25) is 0 Å². The van der Waals surface area contributed by atoms with Crippen molar-refractivity contribution in [3.05, 3.63) is 70.0 Å². The molecule has 0 aliphatic heterocycles. The summed E-state index contributed by atoms with van der Waals surface area (Å²) in [7, 11) is 0. The van der Waals surface area contributed by atoms with Crippen LogP contribution >= 0.6 is 11.6 Å². The van der Waals surface area contributed by atoms with E-state index in [0.29, 0.717) is 10.9 Å². The summed E-state index contributed by atoms with van der Waals surface area (Å²) in [5, 5.41) is 0.390. The number of benzene rings is 2. The van der Waals surface area contributed by atoms with Crippen LogP contribution in [0.2, 0.25) is 5.02 Å². The first-order valence-electron chi connectivity index (χ1n) is 6.96. The Morgan fingerprint density at radius 2 is 1.85 bits per heavy atom. The second kappa shape index (κ2) is 5.55. The Bertz CT molecular complexity index is 622. The Kier molecular flexibility index (Phi) is 3.77. The van der Waals surface area contributed by atoms with Crippen LogP contribution in [-0.4, -0.2) is 0 Å². The van der Waals surface area contributed by atoms with Crippen molar-refractivity contribution in [2.24, 2.45) is 5.73 Å². The molecule has 3 heteroatoms. The van der Waals surface area contributed by atoms with E-state index in [-0.39, 0.29) is 11.9 Å². The molecular weight excluding hydrogens is 273 g/mol. The molecule has 2 N–H and O–H groups in total. The lowest BCUT2D eigenvalue weighted by molar-refractivity contribution is 0.416. The smallest absolute Gasteiger partial charge is 0.124 e. The first-order valence-corrected chi connectivity index (χ1v) is 7.34. The second-order valence-electron chi connectivity index (χ2n) is 5.40. The summed E-state index contributed by atoms with van der Waals surface area (Å²) < 4.78 is 13.2. The fraction of sp³-hybridized carbons (Fsp3) is 0.294. The van der Waals surface area contributed by atoms with Crippen LogP contribution in [0.3, 0.4) is 0 Å². The molecule has 2 aromatic rings. The van der Waals surface area contributed by atoms with E-state index in [2.05, 4.69) is 18.2 Å². The summed E-state index contributed by atoms with van der Waals surface area (Å²) in [5.41, 5.74) is 9.57. The minimum Gasteiger partial charge on any atom is -0.320 e. The molecule has 0 radical (unpaired) electrons. The van der Waals surface area contributed by atoms with Crippen LogP contribution in [0, 0.1) is 5.82 Å². The molecule has 1 aliphatic carbocycles. The van der Waals surface area contributed by atoms with Crippen LogP contribution in [-0.2, 0) is 0 Å². The van der Waals surface area contributed by atoms with Crippen molar-refractivity contribution in [3.8, 4) is 0 Å². The van der Waals surface area contributed by atoms with Crippen molar-refractivity contribution in [2.75, 3.05) is 0 Å². The molecule has 1 fully saturated rings. The summed E-state index contributed by atoms with van der Waals surface area (Å²) in [4.78, 5) is 0. The molecule has 104 valence electrons. The van der Waals surface area contributed by atoms with Gasteiger partial charge in [0.1, 0.15) is 5.82 Å². The Morgan fingerprint density at radius 3 is 2.50 bits per heavy atom. The first kappa shape index (κ1) is 13.6. The van der Waals surface area contributed by atoms with E-state index < -0.39 is 0 Å². The molecule has 1 saturated carbocycles. The minimum absolute atomic E-state index is 0.306. The first-order chi connectivity index (χ1) is 9.66. The summed E-state index contributed by atoms with van der Waals surface area (Å²) in [6, 6.07) is 12.4. The molecule has 1 unspecified atom stereocenters. The van der Waals surface area contributed by atoms with Gasteiger partial charge in [-0.2, -0.15) is 0 Å². The van der Waals surface area contributed by atoms with Gasteiger partial charge in [0.15, 0.2) is 0 Å². The standard InChI is InChI=1S/C17H17ClFN/c18-16-10-12(19)8-9-15(16)17(20)14-7-2-1-6-13(14)11-4-3-5-11/h1-2,6-11,17H,3-5,20H2. The van der Waals surface area contributed by atoms with Gasteiger partial charge < -0.3 is 5.73 Å². The van der Waals surface area contributed by atoms with Crippen molar-refractivity contribution in [3.63, 3.8) is 0 Å². The molecule has 0 heterocycles. The molecule has 1 atom stereocenters. The lowest BCUT2D eigenvalue weighted by Crippen LogP contribution is -2.18. The molecule has 0 spiro atoms. The van der Waals surface area contributed by atoms with Gasteiger partial charge >= 0.3 is 0 Å². The minimum atomic E-state index is -0.335. The molecule has 3 rings (SSSR count). The van der Waals surface area contributed by atoms with Gasteiger partial charge in [-0.05, 0) is 47.6 Å². The normalized spacial score (nSPS) is 16.8. The second-order valence-corrected chi connectivity index (χ2v) is 5.81. The third kappa shape index (κ3) is 2.46. The third-order valence-electron chi connectivity index (χ3n) is 4.17. The summed E-state index contributed by atoms with van der Waals surface area (Å²) in [6.45, 7) is 0. The van der Waals surface area contributed by atoms with Crippen molar-refractivity contribution in [1.82, 2.24) is 0 Å². The molecule has 0 aromatic heterocycles. The van der Waals surface area contributed by atoms with Gasteiger partial charge in [-0.1, -0.05) is 48.4 Å². The SMILES string of the molecule is NC(c1ccc(F)cc1Cl)c1ccccc1C1CCC1. The van der Waals surface area contributed by atoms with Crippen molar-refractivity contribution < 1.29 is 4.39 Å². The van der Waals surface area contributed by atoms with E-state index in [1.807, 2.05) is 6.07 Å². The Labute approximate surface area is 123 Å². The van der Waals surface area contributed by atoms with E-state index in [0.717, 1.165) is 11.1 Å². The average Bonchev–Trinajstić information content (AvgIpc) is 2.37. The number of rotatable bonds is 3. The Morgan fingerprint density at radius 1 is 1.10 bits per heavy atom. The fourth-order valence-electron chi connectivity index (χ4n) is 2.81. The zero-order chi connectivity index (χ0) is 14.1. The van der Waals surface area contributed by atoms with Crippen LogP contribution in [0.25, 0.3) is 0 Å². The third-order valence-corrected chi connectivity index (χ3v) is 4.50. The molecule has 1 aliphatic rings. The maximum absolute atomic E-state index is 13.2. The zero-order valence-corrected chi connectivity index (χ0v) is 11.9. The fourth-order valence-corrected chi connectivity index (χ4v) is 3.09. The highest BCUT2D eigenvalue weighted by atomic mass is 35.5. The van der Waals surface area contributed by atoms with Gasteiger partial charge in [-0.3, -0.25) is 0 Å². The van der Waals surface area contributed by atoms with Gasteiger partial charge in [-0.25, -0.2) is 4.39 Å². The van der Waals surface area contributed by atoms with E-state index in [1.165, 1.54) is 37.0 Å². The molecular formula is C17H17ClFN. The topological polar surface area (TPSA) is 26.0 Å². The number of nitrogens with two attached hydrogens (primary N) is 1. The van der Waals surface area contributed by atoms with Crippen molar-refractivity contribution >= 4 is 11.6 Å². The summed E-state index contributed by atoms with van der Waals surface area (Å²) in [5.74, 6) is 0.273. The van der Waals surface area contributed by atoms with Crippen LogP contribution in [0.15, 0.2) is 42.5 Å². The number of hydrogen-bond donors (Lipinski definition) is 1. The van der Waals surface area contributed by atoms with E-state index >= 15 is 0 Å². The summed E-state index contributed by atoms with van der Waals surface area (Å²) >= 11 is 6.13. The predicted octanol–water partition coefficient (Wildman–Crippen LogP) is 4.79. The van der Waals surface area contributed by atoms with Crippen LogP contribution < -0.4 is 5.73 Å². The Hall–Kier alpha value is -1.38. The van der Waals surface area contributed by atoms with Gasteiger partial charge in [0.25, 0.3) is 0 Å². The lowest BCUT2D eigenvalue weighted by Gasteiger charge is -2.29. The summed E-state index contributed by atoms with van der Waals surface area (Å²) in [6.07, 6.45) is 3.73. The lowest BCUT2D eigenvalue weighted by atomic mass is 9.76. The van der Waals surface area contributed by atoms with Crippen molar-refractivity contribution in [2.45, 2.75) is 31.2 Å². The van der Waals surface area contributed by atoms with Crippen LogP contribution in [0.5, 0.6) is 0 Å². The maximum atomic E-state index is 13.2. The number of hydrogen-bond acceptors (Lipinski definition) is 1. The highest BCUT2D eigenvalue weighted by Crippen LogP contribution is 2.40. The number of halogens is 2. The monoisotopic (exact) mass is 289 g/mol. The molecule has 2 aromatic carbocycles. The van der Waals surface area contributed by atoms with E-state index in [9.17, 15) is 4.39 Å². The van der Waals surface area contributed by atoms with Crippen molar-refractivity contribution in [1.29, 1.82) is 0 Å². The van der Waals surface area contributed by atoms with E-state index in [4.69, 9.17) is 17.3 Å². The largest absolute Gasteiger partial charge is 0.320 e.